The monoisotopic (exact) mass is 414 g/mol. The third-order valence-corrected chi connectivity index (χ3v) is 4.33. The maximum absolute atomic E-state index is 11.4. The first kappa shape index (κ1) is 22.3. The lowest BCUT2D eigenvalue weighted by Gasteiger charge is -2.14. The number of hydrogen-bond acceptors (Lipinski definition) is 6. The molecule has 2 rings (SSSR count). The van der Waals surface area contributed by atoms with Crippen molar-refractivity contribution in [3.63, 3.8) is 0 Å². The van der Waals surface area contributed by atoms with Crippen molar-refractivity contribution in [1.82, 2.24) is 9.97 Å². The quantitative estimate of drug-likeness (QED) is 0.607. The average Bonchev–Trinajstić information content (AvgIpc) is 2.60. The zero-order chi connectivity index (χ0) is 21.4. The molecule has 0 aliphatic heterocycles. The Balaban J connectivity index is 2.26. The summed E-state index contributed by atoms with van der Waals surface area (Å²) in [6.07, 6.45) is 6.49. The lowest BCUT2D eigenvalue weighted by molar-refractivity contribution is 0.243. The van der Waals surface area contributed by atoms with E-state index in [9.17, 15) is 8.42 Å². The molecule has 3 N–H and O–H groups in total. The summed E-state index contributed by atoms with van der Waals surface area (Å²) < 4.78 is 28.6. The molecule has 0 aliphatic carbocycles. The fourth-order valence-electron chi connectivity index (χ4n) is 2.62. The maximum atomic E-state index is 11.4. The second-order valence-electron chi connectivity index (χ2n) is 6.63. The number of allylic oxidation sites excluding steroid dienone is 3. The number of ether oxygens (including phenoxy) is 1. The number of nitrogens with two attached hydrogens (primary N) is 1. The van der Waals surface area contributed by atoms with Crippen LogP contribution in [0.25, 0.3) is 11.3 Å². The molecule has 0 saturated carbocycles. The normalized spacial score (nSPS) is 12.4. The van der Waals surface area contributed by atoms with Gasteiger partial charge in [-0.1, -0.05) is 30.9 Å². The Morgan fingerprint density at radius 2 is 2.03 bits per heavy atom. The number of para-hydroxylation sites is 1. The summed E-state index contributed by atoms with van der Waals surface area (Å²) in [5.41, 5.74) is 2.51. The molecule has 0 amide bonds. The number of sulfonamides is 1. The molecule has 2 aromatic rings. The molecule has 0 radical (unpaired) electrons. The standard InChI is InChI=1S/C21H26N4O3S/c1-5-8-17(13-29(22,26)27)11-16(4)25-21-12-19(23-14-24-21)18-9-6-7-10-20(18)28-15(2)3/h5-12,14-15H,4,13H2,1-3H3,(H2,22,26,27)(H,23,24,25)/b8-5-,17-11+. The van der Waals surface area contributed by atoms with Crippen LogP contribution in [0.15, 0.2) is 72.7 Å². The predicted molar refractivity (Wildman–Crippen MR) is 117 cm³/mol. The molecule has 154 valence electrons. The Morgan fingerprint density at radius 1 is 1.31 bits per heavy atom. The van der Waals surface area contributed by atoms with E-state index in [-0.39, 0.29) is 11.9 Å². The molecule has 7 nitrogen and oxygen atoms in total. The first-order valence-corrected chi connectivity index (χ1v) is 10.8. The minimum atomic E-state index is -3.65. The third kappa shape index (κ3) is 7.52. The molecule has 0 aliphatic rings. The number of primary sulfonamides is 1. The van der Waals surface area contributed by atoms with Gasteiger partial charge in [-0.05, 0) is 44.6 Å². The highest BCUT2D eigenvalue weighted by atomic mass is 32.2. The van der Waals surface area contributed by atoms with Crippen LogP contribution in [0.5, 0.6) is 5.75 Å². The Kier molecular flexibility index (Phi) is 7.69. The second kappa shape index (κ2) is 9.99. The van der Waals surface area contributed by atoms with Crippen LogP contribution >= 0.6 is 0 Å². The fourth-order valence-corrected chi connectivity index (χ4v) is 3.26. The van der Waals surface area contributed by atoms with Gasteiger partial charge in [0.15, 0.2) is 0 Å². The van der Waals surface area contributed by atoms with Crippen molar-refractivity contribution < 1.29 is 13.2 Å². The molecule has 0 spiro atoms. The van der Waals surface area contributed by atoms with E-state index in [1.165, 1.54) is 6.33 Å². The zero-order valence-corrected chi connectivity index (χ0v) is 17.6. The number of benzene rings is 1. The van der Waals surface area contributed by atoms with Gasteiger partial charge >= 0.3 is 0 Å². The third-order valence-electron chi connectivity index (χ3n) is 3.59. The Morgan fingerprint density at radius 3 is 2.69 bits per heavy atom. The van der Waals surface area contributed by atoms with Crippen molar-refractivity contribution >= 4 is 15.8 Å². The van der Waals surface area contributed by atoms with Gasteiger partial charge in [0, 0.05) is 17.3 Å². The summed E-state index contributed by atoms with van der Waals surface area (Å²) in [6.45, 7) is 9.64. The van der Waals surface area contributed by atoms with Gasteiger partial charge in [0.1, 0.15) is 17.9 Å². The molecule has 1 heterocycles. The van der Waals surface area contributed by atoms with Crippen LogP contribution in [0.2, 0.25) is 0 Å². The van der Waals surface area contributed by atoms with Crippen molar-refractivity contribution in [2.45, 2.75) is 26.9 Å². The number of anilines is 1. The summed E-state index contributed by atoms with van der Waals surface area (Å²) in [5.74, 6) is 0.966. The molecule has 0 saturated heterocycles. The summed E-state index contributed by atoms with van der Waals surface area (Å²) in [7, 11) is -3.65. The van der Waals surface area contributed by atoms with Crippen LogP contribution < -0.4 is 15.2 Å². The minimum Gasteiger partial charge on any atom is -0.490 e. The Hall–Kier alpha value is -2.97. The fraction of sp³-hybridized carbons (Fsp3) is 0.238. The van der Waals surface area contributed by atoms with E-state index in [1.807, 2.05) is 38.1 Å². The van der Waals surface area contributed by atoms with Crippen LogP contribution in [0.4, 0.5) is 5.82 Å². The molecule has 0 unspecified atom stereocenters. The van der Waals surface area contributed by atoms with Gasteiger partial charge in [-0.25, -0.2) is 23.5 Å². The zero-order valence-electron chi connectivity index (χ0n) is 16.8. The van der Waals surface area contributed by atoms with Crippen molar-refractivity contribution in [3.05, 3.63) is 72.7 Å². The van der Waals surface area contributed by atoms with Gasteiger partial charge < -0.3 is 10.1 Å². The van der Waals surface area contributed by atoms with E-state index in [1.54, 1.807) is 31.2 Å². The smallest absolute Gasteiger partial charge is 0.213 e. The molecule has 1 aromatic heterocycles. The molecule has 0 atom stereocenters. The topological polar surface area (TPSA) is 107 Å². The van der Waals surface area contributed by atoms with Gasteiger partial charge in [0.05, 0.1) is 17.6 Å². The molecule has 8 heteroatoms. The minimum absolute atomic E-state index is 0.0318. The number of hydrogen-bond donors (Lipinski definition) is 2. The molecule has 0 bridgehead atoms. The van der Waals surface area contributed by atoms with Gasteiger partial charge in [-0.2, -0.15) is 0 Å². The Bertz CT molecular complexity index is 1030. The van der Waals surface area contributed by atoms with Crippen molar-refractivity contribution in [2.24, 2.45) is 5.14 Å². The number of nitrogens with zero attached hydrogens (tertiary/aromatic N) is 2. The molecule has 1 aromatic carbocycles. The summed E-state index contributed by atoms with van der Waals surface area (Å²) in [6, 6.07) is 9.41. The van der Waals surface area contributed by atoms with Gasteiger partial charge in [-0.15, -0.1) is 0 Å². The average molecular weight is 415 g/mol. The SMILES string of the molecule is C=C(/C=C(\C=C/C)CS(N)(=O)=O)Nc1cc(-c2ccccc2OC(C)C)ncn1. The molecule has 29 heavy (non-hydrogen) atoms. The first-order chi connectivity index (χ1) is 13.7. The van der Waals surface area contributed by atoms with E-state index in [0.717, 1.165) is 11.3 Å². The van der Waals surface area contributed by atoms with E-state index >= 15 is 0 Å². The van der Waals surface area contributed by atoms with Crippen molar-refractivity contribution in [2.75, 3.05) is 11.1 Å². The highest BCUT2D eigenvalue weighted by molar-refractivity contribution is 7.89. The highest BCUT2D eigenvalue weighted by Gasteiger charge is 2.10. The maximum Gasteiger partial charge on any atom is 0.213 e. The number of rotatable bonds is 9. The lowest BCUT2D eigenvalue weighted by Crippen LogP contribution is -2.17. The highest BCUT2D eigenvalue weighted by Crippen LogP contribution is 2.30. The molecular weight excluding hydrogens is 388 g/mol. The van der Waals surface area contributed by atoms with E-state index in [4.69, 9.17) is 9.88 Å². The summed E-state index contributed by atoms with van der Waals surface area (Å²) in [5, 5.41) is 8.20. The molecular formula is C21H26N4O3S. The van der Waals surface area contributed by atoms with Gasteiger partial charge in [-0.3, -0.25) is 0 Å². The van der Waals surface area contributed by atoms with E-state index < -0.39 is 10.0 Å². The van der Waals surface area contributed by atoms with Crippen LogP contribution in [-0.2, 0) is 10.0 Å². The van der Waals surface area contributed by atoms with Crippen LogP contribution in [0, 0.1) is 0 Å². The van der Waals surface area contributed by atoms with E-state index in [2.05, 4.69) is 21.9 Å². The molecule has 0 fully saturated rings. The van der Waals surface area contributed by atoms with Crippen LogP contribution in [0.1, 0.15) is 20.8 Å². The number of aromatic nitrogens is 2. The van der Waals surface area contributed by atoms with Gasteiger partial charge in [0.25, 0.3) is 0 Å². The summed E-state index contributed by atoms with van der Waals surface area (Å²) in [4.78, 5) is 8.55. The summed E-state index contributed by atoms with van der Waals surface area (Å²) >= 11 is 0. The Labute approximate surface area is 172 Å². The van der Waals surface area contributed by atoms with Crippen molar-refractivity contribution in [3.8, 4) is 17.0 Å². The second-order valence-corrected chi connectivity index (χ2v) is 8.24. The predicted octanol–water partition coefficient (Wildman–Crippen LogP) is 3.65. The van der Waals surface area contributed by atoms with Crippen molar-refractivity contribution in [1.29, 1.82) is 0 Å². The van der Waals surface area contributed by atoms with Gasteiger partial charge in [0.2, 0.25) is 10.0 Å². The number of nitrogens with one attached hydrogen (secondary N) is 1. The lowest BCUT2D eigenvalue weighted by atomic mass is 10.1. The van der Waals surface area contributed by atoms with Crippen LogP contribution in [0.3, 0.4) is 0 Å². The first-order valence-electron chi connectivity index (χ1n) is 9.05. The largest absolute Gasteiger partial charge is 0.490 e. The van der Waals surface area contributed by atoms with E-state index in [0.29, 0.717) is 22.8 Å². The van der Waals surface area contributed by atoms with Crippen LogP contribution in [-0.4, -0.2) is 30.2 Å².